The Balaban J connectivity index is 2.16. The molecule has 2 N–H and O–H groups in total. The first-order valence-electron chi connectivity index (χ1n) is 8.86. The third-order valence-electron chi connectivity index (χ3n) is 4.57. The largest absolute Gasteiger partial charge is 0.385 e. The standard InChI is InChI=1S/C16H27N3O7S2/c1-26-12-4-7-18(9-8-17-10-13-27(22,23)14-11-17)28(24,25)16-6-3-2-5-15(16)19(20)21/h2-3,5-6,22-23H,4,7-14H2,1H3. The van der Waals surface area contributed by atoms with Crippen LogP contribution in [0.1, 0.15) is 6.42 Å². The van der Waals surface area contributed by atoms with Crippen molar-refractivity contribution in [3.63, 3.8) is 0 Å². The molecule has 10 nitrogen and oxygen atoms in total. The number of nitrogens with zero attached hydrogens (tertiary/aromatic N) is 3. The first-order chi connectivity index (χ1) is 13.2. The Morgan fingerprint density at radius 1 is 1.25 bits per heavy atom. The van der Waals surface area contributed by atoms with Gasteiger partial charge in [0.1, 0.15) is 0 Å². The fourth-order valence-electron chi connectivity index (χ4n) is 2.94. The van der Waals surface area contributed by atoms with Gasteiger partial charge in [-0.05, 0) is 12.5 Å². The van der Waals surface area contributed by atoms with Crippen LogP contribution < -0.4 is 0 Å². The quantitative estimate of drug-likeness (QED) is 0.321. The summed E-state index contributed by atoms with van der Waals surface area (Å²) in [4.78, 5) is 12.2. The predicted octanol–water partition coefficient (Wildman–Crippen LogP) is 1.69. The molecular formula is C16H27N3O7S2. The third-order valence-corrected chi connectivity index (χ3v) is 8.19. The summed E-state index contributed by atoms with van der Waals surface area (Å²) in [7, 11) is -5.07. The second-order valence-corrected chi connectivity index (χ2v) is 10.9. The first kappa shape index (κ1) is 23.0. The van der Waals surface area contributed by atoms with Crippen molar-refractivity contribution < 1.29 is 27.2 Å². The lowest BCUT2D eigenvalue weighted by molar-refractivity contribution is -0.387. The van der Waals surface area contributed by atoms with Gasteiger partial charge in [0.25, 0.3) is 5.69 Å². The molecule has 0 amide bonds. The molecule has 0 saturated carbocycles. The van der Waals surface area contributed by atoms with E-state index in [1.165, 1.54) is 35.7 Å². The summed E-state index contributed by atoms with van der Waals surface area (Å²) in [5.74, 6) is 0.543. The molecule has 160 valence electrons. The number of hydrogen-bond donors (Lipinski definition) is 2. The van der Waals surface area contributed by atoms with E-state index in [0.29, 0.717) is 32.7 Å². The molecule has 1 aliphatic heterocycles. The smallest absolute Gasteiger partial charge is 0.289 e. The lowest BCUT2D eigenvalue weighted by Crippen LogP contribution is -2.44. The van der Waals surface area contributed by atoms with Crippen LogP contribution in [0.4, 0.5) is 5.69 Å². The number of para-hydroxylation sites is 1. The second-order valence-electron chi connectivity index (χ2n) is 6.53. The van der Waals surface area contributed by atoms with E-state index in [1.54, 1.807) is 0 Å². The van der Waals surface area contributed by atoms with Crippen molar-refractivity contribution in [3.05, 3.63) is 34.4 Å². The molecular weight excluding hydrogens is 410 g/mol. The van der Waals surface area contributed by atoms with Gasteiger partial charge < -0.3 is 4.74 Å². The molecule has 0 radical (unpaired) electrons. The molecule has 1 aliphatic rings. The van der Waals surface area contributed by atoms with Gasteiger partial charge in [-0.25, -0.2) is 8.42 Å². The summed E-state index contributed by atoms with van der Waals surface area (Å²) in [5, 5.41) is 11.3. The van der Waals surface area contributed by atoms with Gasteiger partial charge in [-0.15, -0.1) is 0 Å². The number of ether oxygens (including phenoxy) is 1. The highest BCUT2D eigenvalue weighted by molar-refractivity contribution is 8.24. The fraction of sp³-hybridized carbons (Fsp3) is 0.625. The van der Waals surface area contributed by atoms with Crippen LogP contribution in [0.25, 0.3) is 0 Å². The Labute approximate surface area is 166 Å². The summed E-state index contributed by atoms with van der Waals surface area (Å²) in [6.07, 6.45) is 0.455. The predicted molar refractivity (Wildman–Crippen MR) is 107 cm³/mol. The average molecular weight is 438 g/mol. The van der Waals surface area contributed by atoms with E-state index in [-0.39, 0.29) is 29.5 Å². The van der Waals surface area contributed by atoms with Crippen molar-refractivity contribution in [2.24, 2.45) is 0 Å². The molecule has 1 aromatic carbocycles. The van der Waals surface area contributed by atoms with Gasteiger partial charge in [0.15, 0.2) is 4.90 Å². The van der Waals surface area contributed by atoms with Gasteiger partial charge in [0, 0.05) is 52.5 Å². The molecule has 2 rings (SSSR count). The topological polar surface area (TPSA) is 133 Å². The minimum absolute atomic E-state index is 0.150. The van der Waals surface area contributed by atoms with Gasteiger partial charge >= 0.3 is 0 Å². The molecule has 0 atom stereocenters. The van der Waals surface area contributed by atoms with Crippen molar-refractivity contribution in [2.75, 3.05) is 57.9 Å². The highest BCUT2D eigenvalue weighted by Gasteiger charge is 2.32. The Bertz CT molecular complexity index is 763. The fourth-order valence-corrected chi connectivity index (χ4v) is 5.88. The van der Waals surface area contributed by atoms with Crippen LogP contribution in [0.3, 0.4) is 0 Å². The van der Waals surface area contributed by atoms with Crippen LogP contribution in [0.15, 0.2) is 29.2 Å². The third kappa shape index (κ3) is 6.11. The van der Waals surface area contributed by atoms with Gasteiger partial charge in [-0.3, -0.25) is 24.1 Å². The van der Waals surface area contributed by atoms with E-state index >= 15 is 0 Å². The normalized spacial score (nSPS) is 18.9. The zero-order valence-electron chi connectivity index (χ0n) is 15.8. The number of nitro benzene ring substituents is 1. The molecule has 1 aromatic rings. The van der Waals surface area contributed by atoms with Crippen molar-refractivity contribution in [3.8, 4) is 0 Å². The maximum Gasteiger partial charge on any atom is 0.289 e. The highest BCUT2D eigenvalue weighted by atomic mass is 32.3. The van der Waals surface area contributed by atoms with Crippen molar-refractivity contribution in [1.82, 2.24) is 9.21 Å². The van der Waals surface area contributed by atoms with E-state index in [2.05, 4.69) is 0 Å². The minimum atomic E-state index is -4.06. The van der Waals surface area contributed by atoms with E-state index in [1.807, 2.05) is 4.90 Å². The summed E-state index contributed by atoms with van der Waals surface area (Å²) in [5.41, 5.74) is -0.453. The summed E-state index contributed by atoms with van der Waals surface area (Å²) >= 11 is 0. The van der Waals surface area contributed by atoms with Gasteiger partial charge in [-0.2, -0.15) is 14.9 Å². The number of benzene rings is 1. The van der Waals surface area contributed by atoms with Crippen LogP contribution in [0.2, 0.25) is 0 Å². The van der Waals surface area contributed by atoms with E-state index < -0.39 is 31.2 Å². The van der Waals surface area contributed by atoms with Crippen molar-refractivity contribution in [1.29, 1.82) is 0 Å². The molecule has 1 saturated heterocycles. The Morgan fingerprint density at radius 3 is 2.50 bits per heavy atom. The Kier molecular flexibility index (Phi) is 8.18. The molecule has 0 bridgehead atoms. The average Bonchev–Trinajstić information content (AvgIpc) is 2.65. The van der Waals surface area contributed by atoms with Crippen molar-refractivity contribution >= 4 is 26.3 Å². The number of nitro groups is 1. The number of methoxy groups -OCH3 is 1. The molecule has 1 fully saturated rings. The number of sulfonamides is 1. The maximum absolute atomic E-state index is 13.1. The zero-order chi connectivity index (χ0) is 20.8. The lowest BCUT2D eigenvalue weighted by atomic mass is 10.3. The maximum atomic E-state index is 13.1. The molecule has 0 unspecified atom stereocenters. The summed E-state index contributed by atoms with van der Waals surface area (Å²) in [6, 6.07) is 5.31. The molecule has 0 aliphatic carbocycles. The van der Waals surface area contributed by atoms with Crippen LogP contribution in [0.5, 0.6) is 0 Å². The van der Waals surface area contributed by atoms with Crippen molar-refractivity contribution in [2.45, 2.75) is 11.3 Å². The Hall–Kier alpha value is -1.28. The first-order valence-corrected chi connectivity index (χ1v) is 12.2. The van der Waals surface area contributed by atoms with Gasteiger partial charge in [-0.1, -0.05) is 12.1 Å². The SMILES string of the molecule is COCCCN(CCN1CCS(O)(O)CC1)S(=O)(=O)c1ccccc1[N+](=O)[O-]. The Morgan fingerprint density at radius 2 is 1.89 bits per heavy atom. The molecule has 1 heterocycles. The molecule has 0 spiro atoms. The lowest BCUT2D eigenvalue weighted by Gasteiger charge is -2.41. The van der Waals surface area contributed by atoms with E-state index in [4.69, 9.17) is 4.74 Å². The second kappa shape index (κ2) is 9.96. The van der Waals surface area contributed by atoms with Gasteiger partial charge in [0.2, 0.25) is 10.0 Å². The summed E-state index contributed by atoms with van der Waals surface area (Å²) < 4.78 is 51.9. The van der Waals surface area contributed by atoms with E-state index in [9.17, 15) is 27.6 Å². The van der Waals surface area contributed by atoms with Crippen LogP contribution >= 0.6 is 10.6 Å². The highest BCUT2D eigenvalue weighted by Crippen LogP contribution is 2.40. The minimum Gasteiger partial charge on any atom is -0.385 e. The van der Waals surface area contributed by atoms with E-state index in [0.717, 1.165) is 0 Å². The molecule has 12 heteroatoms. The number of rotatable bonds is 10. The molecule has 0 aromatic heterocycles. The van der Waals surface area contributed by atoms with Crippen LogP contribution in [-0.2, 0) is 14.8 Å². The van der Waals surface area contributed by atoms with Gasteiger partial charge in [0.05, 0.1) is 16.4 Å². The number of hydrogen-bond acceptors (Lipinski definition) is 8. The van der Waals surface area contributed by atoms with Crippen LogP contribution in [0, 0.1) is 10.1 Å². The molecule has 28 heavy (non-hydrogen) atoms. The zero-order valence-corrected chi connectivity index (χ0v) is 17.4. The van der Waals surface area contributed by atoms with Crippen LogP contribution in [-0.4, -0.2) is 89.6 Å². The summed E-state index contributed by atoms with van der Waals surface area (Å²) in [6.45, 7) is 2.04. The monoisotopic (exact) mass is 437 g/mol.